The maximum atomic E-state index is 6.29. The van der Waals surface area contributed by atoms with Gasteiger partial charge in [0.15, 0.2) is 0 Å². The van der Waals surface area contributed by atoms with Gasteiger partial charge in [0.2, 0.25) is 0 Å². The molecule has 1 aliphatic rings. The Bertz CT molecular complexity index is 332. The summed E-state index contributed by atoms with van der Waals surface area (Å²) in [5.41, 5.74) is 7.86. The number of hydrogen-bond donors (Lipinski definition) is 1. The molecule has 2 nitrogen and oxygen atoms in total. The van der Waals surface area contributed by atoms with Crippen LogP contribution in [-0.2, 0) is 0 Å². The normalized spacial score (nSPS) is 27.1. The molecule has 3 atom stereocenters. The lowest BCUT2D eigenvalue weighted by molar-refractivity contribution is 0.430. The fourth-order valence-corrected chi connectivity index (χ4v) is 2.36. The Morgan fingerprint density at radius 3 is 2.60 bits per heavy atom. The fourth-order valence-electron chi connectivity index (χ4n) is 2.36. The van der Waals surface area contributed by atoms with Crippen LogP contribution in [0.25, 0.3) is 0 Å². The SMILES string of the molecule is CC(c1ccccn1)C(N)C1CC1(C)C. The molecule has 2 rings (SSSR count). The zero-order valence-electron chi connectivity index (χ0n) is 9.77. The molecule has 0 radical (unpaired) electrons. The van der Waals surface area contributed by atoms with E-state index in [2.05, 4.69) is 31.8 Å². The summed E-state index contributed by atoms with van der Waals surface area (Å²) in [5, 5.41) is 0. The van der Waals surface area contributed by atoms with Crippen molar-refractivity contribution in [3.05, 3.63) is 30.1 Å². The van der Waals surface area contributed by atoms with Crippen LogP contribution in [-0.4, -0.2) is 11.0 Å². The molecule has 82 valence electrons. The first-order chi connectivity index (χ1) is 7.02. The van der Waals surface area contributed by atoms with Crippen LogP contribution in [0.5, 0.6) is 0 Å². The second-order valence-corrected chi connectivity index (χ2v) is 5.42. The number of aromatic nitrogens is 1. The minimum absolute atomic E-state index is 0.245. The molecule has 1 heterocycles. The van der Waals surface area contributed by atoms with Crippen molar-refractivity contribution in [1.29, 1.82) is 0 Å². The molecule has 1 saturated carbocycles. The lowest BCUT2D eigenvalue weighted by Crippen LogP contribution is -2.31. The first-order valence-corrected chi connectivity index (χ1v) is 5.69. The van der Waals surface area contributed by atoms with Gasteiger partial charge in [0.05, 0.1) is 0 Å². The minimum Gasteiger partial charge on any atom is -0.327 e. The van der Waals surface area contributed by atoms with E-state index in [0.717, 1.165) is 5.69 Å². The highest BCUT2D eigenvalue weighted by Crippen LogP contribution is 2.54. The monoisotopic (exact) mass is 204 g/mol. The van der Waals surface area contributed by atoms with Gasteiger partial charge in [-0.05, 0) is 29.9 Å². The number of nitrogens with two attached hydrogens (primary N) is 1. The van der Waals surface area contributed by atoms with E-state index in [1.54, 1.807) is 0 Å². The lowest BCUT2D eigenvalue weighted by Gasteiger charge is -2.20. The van der Waals surface area contributed by atoms with E-state index in [1.165, 1.54) is 6.42 Å². The van der Waals surface area contributed by atoms with Crippen LogP contribution in [0.1, 0.15) is 38.8 Å². The molecule has 1 fully saturated rings. The molecule has 15 heavy (non-hydrogen) atoms. The zero-order valence-corrected chi connectivity index (χ0v) is 9.77. The molecule has 2 N–H and O–H groups in total. The van der Waals surface area contributed by atoms with Crippen molar-refractivity contribution < 1.29 is 0 Å². The van der Waals surface area contributed by atoms with Crippen LogP contribution < -0.4 is 5.73 Å². The largest absolute Gasteiger partial charge is 0.327 e. The average molecular weight is 204 g/mol. The highest BCUT2D eigenvalue weighted by Gasteiger charge is 2.50. The van der Waals surface area contributed by atoms with Gasteiger partial charge in [-0.15, -0.1) is 0 Å². The summed E-state index contributed by atoms with van der Waals surface area (Å²) >= 11 is 0. The Hall–Kier alpha value is -0.890. The number of nitrogens with zero attached hydrogens (tertiary/aromatic N) is 1. The van der Waals surface area contributed by atoms with Crippen molar-refractivity contribution >= 4 is 0 Å². The van der Waals surface area contributed by atoms with Crippen LogP contribution >= 0.6 is 0 Å². The summed E-state index contributed by atoms with van der Waals surface area (Å²) in [5.74, 6) is 1.02. The van der Waals surface area contributed by atoms with Gasteiger partial charge in [0.25, 0.3) is 0 Å². The van der Waals surface area contributed by atoms with Crippen molar-refractivity contribution in [2.24, 2.45) is 17.1 Å². The zero-order chi connectivity index (χ0) is 11.1. The van der Waals surface area contributed by atoms with E-state index in [0.29, 0.717) is 17.3 Å². The van der Waals surface area contributed by atoms with E-state index in [1.807, 2.05) is 18.3 Å². The average Bonchev–Trinajstić information content (AvgIpc) is 2.87. The molecule has 0 bridgehead atoms. The Balaban J connectivity index is 2.06. The van der Waals surface area contributed by atoms with Crippen molar-refractivity contribution in [1.82, 2.24) is 4.98 Å². The van der Waals surface area contributed by atoms with Crippen molar-refractivity contribution in [2.75, 3.05) is 0 Å². The highest BCUT2D eigenvalue weighted by atomic mass is 14.8. The second-order valence-electron chi connectivity index (χ2n) is 5.42. The van der Waals surface area contributed by atoms with Crippen LogP contribution in [0.15, 0.2) is 24.4 Å². The molecule has 0 aliphatic heterocycles. The molecule has 1 aliphatic carbocycles. The van der Waals surface area contributed by atoms with Crippen molar-refractivity contribution in [3.63, 3.8) is 0 Å². The summed E-state index contributed by atoms with van der Waals surface area (Å²) in [4.78, 5) is 4.38. The number of rotatable bonds is 3. The maximum Gasteiger partial charge on any atom is 0.0447 e. The maximum absolute atomic E-state index is 6.29. The quantitative estimate of drug-likeness (QED) is 0.821. The number of hydrogen-bond acceptors (Lipinski definition) is 2. The molecule has 0 aromatic carbocycles. The van der Waals surface area contributed by atoms with Crippen LogP contribution in [0.3, 0.4) is 0 Å². The van der Waals surface area contributed by atoms with Gasteiger partial charge < -0.3 is 5.73 Å². The molecular weight excluding hydrogens is 184 g/mol. The van der Waals surface area contributed by atoms with Gasteiger partial charge in [0.1, 0.15) is 0 Å². The Kier molecular flexibility index (Phi) is 2.55. The van der Waals surface area contributed by atoms with E-state index < -0.39 is 0 Å². The van der Waals surface area contributed by atoms with Gasteiger partial charge in [-0.25, -0.2) is 0 Å². The molecule has 0 amide bonds. The predicted molar refractivity (Wildman–Crippen MR) is 62.5 cm³/mol. The fraction of sp³-hybridized carbons (Fsp3) is 0.615. The summed E-state index contributed by atoms with van der Waals surface area (Å²) < 4.78 is 0. The molecule has 2 heteroatoms. The van der Waals surface area contributed by atoms with Crippen molar-refractivity contribution in [2.45, 2.75) is 39.2 Å². The van der Waals surface area contributed by atoms with Crippen LogP contribution in [0.4, 0.5) is 0 Å². The standard InChI is InChI=1S/C13H20N2/c1-9(11-6-4-5-7-15-11)12(14)10-8-13(10,2)3/h4-7,9-10,12H,8,14H2,1-3H3. The van der Waals surface area contributed by atoms with E-state index >= 15 is 0 Å². The van der Waals surface area contributed by atoms with E-state index in [-0.39, 0.29) is 6.04 Å². The van der Waals surface area contributed by atoms with Crippen LogP contribution in [0, 0.1) is 11.3 Å². The third-order valence-electron chi connectivity index (χ3n) is 3.79. The summed E-state index contributed by atoms with van der Waals surface area (Å²) in [6, 6.07) is 6.29. The predicted octanol–water partition coefficient (Wildman–Crippen LogP) is 2.56. The van der Waals surface area contributed by atoms with Gasteiger partial charge in [0, 0.05) is 23.9 Å². The third-order valence-corrected chi connectivity index (χ3v) is 3.79. The Morgan fingerprint density at radius 2 is 2.13 bits per heavy atom. The second kappa shape index (κ2) is 3.60. The Labute approximate surface area is 91.9 Å². The summed E-state index contributed by atoms with van der Waals surface area (Å²) in [6.45, 7) is 6.77. The highest BCUT2D eigenvalue weighted by molar-refractivity contribution is 5.14. The topological polar surface area (TPSA) is 38.9 Å². The van der Waals surface area contributed by atoms with Gasteiger partial charge in [-0.1, -0.05) is 26.8 Å². The first kappa shape index (κ1) is 10.6. The van der Waals surface area contributed by atoms with E-state index in [4.69, 9.17) is 5.73 Å². The molecular formula is C13H20N2. The molecule has 3 unspecified atom stereocenters. The third kappa shape index (κ3) is 2.05. The molecule has 1 aromatic rings. The van der Waals surface area contributed by atoms with Crippen LogP contribution in [0.2, 0.25) is 0 Å². The molecule has 0 saturated heterocycles. The summed E-state index contributed by atoms with van der Waals surface area (Å²) in [7, 11) is 0. The summed E-state index contributed by atoms with van der Waals surface area (Å²) in [6.07, 6.45) is 3.10. The minimum atomic E-state index is 0.245. The lowest BCUT2D eigenvalue weighted by atomic mass is 9.91. The van der Waals surface area contributed by atoms with Gasteiger partial charge in [-0.3, -0.25) is 4.98 Å². The van der Waals surface area contributed by atoms with Gasteiger partial charge >= 0.3 is 0 Å². The van der Waals surface area contributed by atoms with E-state index in [9.17, 15) is 0 Å². The number of pyridine rings is 1. The molecule has 0 spiro atoms. The smallest absolute Gasteiger partial charge is 0.0447 e. The van der Waals surface area contributed by atoms with Gasteiger partial charge in [-0.2, -0.15) is 0 Å². The van der Waals surface area contributed by atoms with Crippen molar-refractivity contribution in [3.8, 4) is 0 Å². The molecule has 1 aromatic heterocycles. The first-order valence-electron chi connectivity index (χ1n) is 5.69. The Morgan fingerprint density at radius 1 is 1.47 bits per heavy atom.